The molecule has 2 nitrogen and oxygen atoms in total. The Labute approximate surface area is 121 Å². The molecule has 0 radical (unpaired) electrons. The van der Waals surface area contributed by atoms with E-state index < -0.39 is 0 Å². The number of hydrogen-bond donors (Lipinski definition) is 1. The van der Waals surface area contributed by atoms with E-state index in [4.69, 9.17) is 0 Å². The number of likely N-dealkylation sites (N-methyl/N-ethyl adjacent to an activating group) is 1. The normalized spacial score (nSPS) is 21.0. The number of nitrogens with zero attached hydrogens (tertiary/aromatic N) is 1. The summed E-state index contributed by atoms with van der Waals surface area (Å²) in [5.41, 5.74) is 0. The molecule has 0 aromatic heterocycles. The highest BCUT2D eigenvalue weighted by molar-refractivity contribution is 4.81. The maximum atomic E-state index is 3.84. The highest BCUT2D eigenvalue weighted by Gasteiger charge is 2.24. The lowest BCUT2D eigenvalue weighted by molar-refractivity contribution is 0.179. The van der Waals surface area contributed by atoms with Crippen LogP contribution in [0.1, 0.15) is 65.7 Å². The van der Waals surface area contributed by atoms with Crippen molar-refractivity contribution in [3.63, 3.8) is 0 Å². The molecule has 1 fully saturated rings. The number of rotatable bonds is 8. The van der Waals surface area contributed by atoms with Crippen molar-refractivity contribution in [2.75, 3.05) is 20.6 Å². The molecule has 0 saturated heterocycles. The first kappa shape index (κ1) is 17.0. The Morgan fingerprint density at radius 2 is 1.63 bits per heavy atom. The zero-order chi connectivity index (χ0) is 14.3. The fraction of sp³-hybridized carbons (Fsp3) is 1.00. The van der Waals surface area contributed by atoms with Gasteiger partial charge in [0.1, 0.15) is 0 Å². The average Bonchev–Trinajstić information content (AvgIpc) is 2.43. The Kier molecular flexibility index (Phi) is 8.01. The van der Waals surface area contributed by atoms with Crippen LogP contribution in [0.2, 0.25) is 0 Å². The van der Waals surface area contributed by atoms with Crippen LogP contribution in [-0.4, -0.2) is 37.6 Å². The van der Waals surface area contributed by atoms with Crippen LogP contribution >= 0.6 is 0 Å². The predicted octanol–water partition coefficient (Wildman–Crippen LogP) is 3.91. The van der Waals surface area contributed by atoms with E-state index >= 15 is 0 Å². The summed E-state index contributed by atoms with van der Waals surface area (Å²) in [6.45, 7) is 8.21. The molecule has 0 bridgehead atoms. The van der Waals surface area contributed by atoms with Gasteiger partial charge in [-0.2, -0.15) is 0 Å². The summed E-state index contributed by atoms with van der Waals surface area (Å²) in [7, 11) is 4.46. The van der Waals surface area contributed by atoms with Crippen LogP contribution in [0.4, 0.5) is 0 Å². The highest BCUT2D eigenvalue weighted by atomic mass is 15.1. The molecule has 1 aliphatic rings. The third-order valence-electron chi connectivity index (χ3n) is 5.26. The number of hydrogen-bond acceptors (Lipinski definition) is 2. The summed E-state index contributed by atoms with van der Waals surface area (Å²) in [4.78, 5) is 2.41. The smallest absolute Gasteiger partial charge is 0.0242 e. The van der Waals surface area contributed by atoms with Gasteiger partial charge in [-0.05, 0) is 45.7 Å². The third-order valence-corrected chi connectivity index (χ3v) is 5.26. The summed E-state index contributed by atoms with van der Waals surface area (Å²) in [6.07, 6.45) is 9.80. The molecule has 1 rings (SSSR count). The van der Waals surface area contributed by atoms with Crippen molar-refractivity contribution >= 4 is 0 Å². The van der Waals surface area contributed by atoms with Gasteiger partial charge in [-0.3, -0.25) is 0 Å². The van der Waals surface area contributed by atoms with E-state index in [-0.39, 0.29) is 0 Å². The molecule has 0 amide bonds. The molecule has 0 aromatic carbocycles. The van der Waals surface area contributed by atoms with Crippen molar-refractivity contribution in [2.24, 2.45) is 11.8 Å². The molecule has 1 saturated carbocycles. The molecule has 0 aliphatic heterocycles. The zero-order valence-corrected chi connectivity index (χ0v) is 13.9. The second kappa shape index (κ2) is 8.97. The third kappa shape index (κ3) is 5.43. The largest absolute Gasteiger partial charge is 0.312 e. The van der Waals surface area contributed by atoms with Crippen molar-refractivity contribution in [2.45, 2.75) is 77.8 Å². The summed E-state index contributed by atoms with van der Waals surface area (Å²) >= 11 is 0. The lowest BCUT2D eigenvalue weighted by Crippen LogP contribution is -2.47. The maximum Gasteiger partial charge on any atom is 0.0242 e. The summed E-state index contributed by atoms with van der Waals surface area (Å²) < 4.78 is 0. The zero-order valence-electron chi connectivity index (χ0n) is 13.9. The summed E-state index contributed by atoms with van der Waals surface area (Å²) in [5, 5.41) is 3.84. The molecule has 1 N–H and O–H groups in total. The van der Waals surface area contributed by atoms with Crippen LogP contribution in [0, 0.1) is 11.8 Å². The van der Waals surface area contributed by atoms with Gasteiger partial charge < -0.3 is 10.2 Å². The Hall–Kier alpha value is -0.0800. The van der Waals surface area contributed by atoms with Gasteiger partial charge in [0.2, 0.25) is 0 Å². The molecule has 2 heteroatoms. The minimum absolute atomic E-state index is 0.682. The van der Waals surface area contributed by atoms with Gasteiger partial charge in [0.15, 0.2) is 0 Å². The fourth-order valence-electron chi connectivity index (χ4n) is 3.71. The van der Waals surface area contributed by atoms with Crippen molar-refractivity contribution < 1.29 is 0 Å². The molecule has 0 heterocycles. The van der Waals surface area contributed by atoms with Crippen LogP contribution in [0.15, 0.2) is 0 Å². The Balaban J connectivity index is 2.41. The van der Waals surface area contributed by atoms with Crippen LogP contribution in [0.5, 0.6) is 0 Å². The first-order valence-electron chi connectivity index (χ1n) is 8.49. The first-order valence-corrected chi connectivity index (χ1v) is 8.49. The summed E-state index contributed by atoms with van der Waals surface area (Å²) in [6, 6.07) is 1.37. The molecule has 114 valence electrons. The highest BCUT2D eigenvalue weighted by Crippen LogP contribution is 2.26. The van der Waals surface area contributed by atoms with Crippen LogP contribution in [-0.2, 0) is 0 Å². The molecule has 2 unspecified atom stereocenters. The minimum atomic E-state index is 0.682. The van der Waals surface area contributed by atoms with Crippen LogP contribution < -0.4 is 5.32 Å². The van der Waals surface area contributed by atoms with E-state index in [1.165, 1.54) is 44.9 Å². The first-order chi connectivity index (χ1) is 9.10. The second-order valence-electron chi connectivity index (χ2n) is 6.70. The molecular weight excluding hydrogens is 232 g/mol. The number of nitrogens with one attached hydrogen (secondary N) is 1. The van der Waals surface area contributed by atoms with Gasteiger partial charge in [0.05, 0.1) is 0 Å². The minimum Gasteiger partial charge on any atom is -0.312 e. The maximum absolute atomic E-state index is 3.84. The monoisotopic (exact) mass is 268 g/mol. The van der Waals surface area contributed by atoms with E-state index in [2.05, 4.69) is 45.1 Å². The van der Waals surface area contributed by atoms with Crippen LogP contribution in [0.3, 0.4) is 0 Å². The van der Waals surface area contributed by atoms with Crippen LogP contribution in [0.25, 0.3) is 0 Å². The van der Waals surface area contributed by atoms with E-state index in [1.54, 1.807) is 0 Å². The molecule has 0 spiro atoms. The average molecular weight is 268 g/mol. The van der Waals surface area contributed by atoms with Gasteiger partial charge in [-0.25, -0.2) is 0 Å². The molecule has 0 aromatic rings. The van der Waals surface area contributed by atoms with E-state index in [1.807, 2.05) is 0 Å². The summed E-state index contributed by atoms with van der Waals surface area (Å²) in [5.74, 6) is 1.74. The van der Waals surface area contributed by atoms with Crippen molar-refractivity contribution in [1.29, 1.82) is 0 Å². The van der Waals surface area contributed by atoms with E-state index in [0.29, 0.717) is 12.1 Å². The van der Waals surface area contributed by atoms with Gasteiger partial charge in [0.25, 0.3) is 0 Å². The van der Waals surface area contributed by atoms with Gasteiger partial charge in [-0.15, -0.1) is 0 Å². The van der Waals surface area contributed by atoms with Crippen molar-refractivity contribution in [3.8, 4) is 0 Å². The molecule has 1 aliphatic carbocycles. The molecular formula is C17H36N2. The van der Waals surface area contributed by atoms with Gasteiger partial charge >= 0.3 is 0 Å². The fourth-order valence-corrected chi connectivity index (χ4v) is 3.71. The lowest BCUT2D eigenvalue weighted by atomic mass is 9.84. The Morgan fingerprint density at radius 1 is 1.05 bits per heavy atom. The SMILES string of the molecule is CCC(CC)C(CNC(C)C1CCCCC1)N(C)C. The topological polar surface area (TPSA) is 15.3 Å². The standard InChI is InChI=1S/C17H36N2/c1-6-15(7-2)17(19(4)5)13-18-14(3)16-11-9-8-10-12-16/h14-18H,6-13H2,1-5H3. The predicted molar refractivity (Wildman–Crippen MR) is 85.6 cm³/mol. The quantitative estimate of drug-likeness (QED) is 0.718. The van der Waals surface area contributed by atoms with Crippen molar-refractivity contribution in [3.05, 3.63) is 0 Å². The molecule has 2 atom stereocenters. The van der Waals surface area contributed by atoms with E-state index in [0.717, 1.165) is 18.4 Å². The van der Waals surface area contributed by atoms with E-state index in [9.17, 15) is 0 Å². The van der Waals surface area contributed by atoms with Gasteiger partial charge in [0, 0.05) is 18.6 Å². The second-order valence-corrected chi connectivity index (χ2v) is 6.70. The Bertz CT molecular complexity index is 217. The Morgan fingerprint density at radius 3 is 2.11 bits per heavy atom. The van der Waals surface area contributed by atoms with Crippen molar-refractivity contribution in [1.82, 2.24) is 10.2 Å². The lowest BCUT2D eigenvalue weighted by Gasteiger charge is -2.35. The van der Waals surface area contributed by atoms with Gasteiger partial charge in [-0.1, -0.05) is 46.0 Å². The molecule has 19 heavy (non-hydrogen) atoms.